The van der Waals surface area contributed by atoms with Crippen molar-refractivity contribution in [3.05, 3.63) is 24.3 Å². The number of hydrogen-bond donors (Lipinski definition) is 0. The van der Waals surface area contributed by atoms with Gasteiger partial charge in [-0.1, -0.05) is 13.8 Å². The topological polar surface area (TPSA) is 36.0 Å². The van der Waals surface area contributed by atoms with Crippen LogP contribution in [0.15, 0.2) is 24.3 Å². The van der Waals surface area contributed by atoms with E-state index in [1.54, 1.807) is 0 Å². The van der Waals surface area contributed by atoms with Crippen LogP contribution in [0.4, 0.5) is 16.2 Å². The highest BCUT2D eigenvalue weighted by Gasteiger charge is 2.47. The highest BCUT2D eigenvalue weighted by atomic mass is 16.6. The van der Waals surface area contributed by atoms with Gasteiger partial charge in [0.15, 0.2) is 0 Å². The minimum Gasteiger partial charge on any atom is -0.444 e. The lowest BCUT2D eigenvalue weighted by molar-refractivity contribution is 0.0240. The summed E-state index contributed by atoms with van der Waals surface area (Å²) in [4.78, 5) is 19.9. The molecular formula is C25H39N3O2. The third kappa shape index (κ3) is 4.55. The molecule has 5 heteroatoms. The lowest BCUT2D eigenvalue weighted by Crippen LogP contribution is -2.54. The van der Waals surface area contributed by atoms with Crippen molar-refractivity contribution in [2.75, 3.05) is 42.5 Å². The highest BCUT2D eigenvalue weighted by molar-refractivity contribution is 5.69. The lowest BCUT2D eigenvalue weighted by atomic mass is 9.73. The summed E-state index contributed by atoms with van der Waals surface area (Å²) in [5, 5.41) is 0. The lowest BCUT2D eigenvalue weighted by Gasteiger charge is -2.48. The van der Waals surface area contributed by atoms with E-state index in [0.717, 1.165) is 26.1 Å². The van der Waals surface area contributed by atoms with Crippen molar-refractivity contribution >= 4 is 17.5 Å². The average molecular weight is 414 g/mol. The molecule has 2 atom stereocenters. The van der Waals surface area contributed by atoms with Gasteiger partial charge in [0.1, 0.15) is 5.60 Å². The molecule has 0 saturated carbocycles. The standard InChI is InChI=1S/C25H39N3O2/c1-24(2,3)30-23(29)27-16-19-15-25(4,5)22(18-27)28(17-19)21-11-9-20(10-12-21)26-13-7-6-8-14-26/h9-12,19,22H,6-8,13-18H2,1-5H3. The summed E-state index contributed by atoms with van der Waals surface area (Å²) in [5.41, 5.74) is 2.32. The van der Waals surface area contributed by atoms with Gasteiger partial charge in [0.2, 0.25) is 0 Å². The second-order valence-electron chi connectivity index (χ2n) is 11.2. The SMILES string of the molecule is CC(C)(C)OC(=O)N1CC2CN(c3ccc(N4CCCCC4)cc3)C(C1)C(C)(C)C2. The number of ether oxygens (including phenoxy) is 1. The Morgan fingerprint density at radius 2 is 1.60 bits per heavy atom. The first-order valence-electron chi connectivity index (χ1n) is 11.7. The van der Waals surface area contributed by atoms with E-state index in [-0.39, 0.29) is 11.5 Å². The van der Waals surface area contributed by atoms with Gasteiger partial charge in [0.05, 0.1) is 6.04 Å². The van der Waals surface area contributed by atoms with Crippen LogP contribution in [0.5, 0.6) is 0 Å². The fourth-order valence-electron chi connectivity index (χ4n) is 5.60. The molecule has 4 aliphatic rings. The Labute approximate surface area is 182 Å². The van der Waals surface area contributed by atoms with Crippen LogP contribution in [0, 0.1) is 11.3 Å². The Balaban J connectivity index is 1.53. The third-order valence-electron chi connectivity index (χ3n) is 6.97. The molecule has 0 N–H and O–H groups in total. The molecule has 5 nitrogen and oxygen atoms in total. The van der Waals surface area contributed by atoms with Gasteiger partial charge in [-0.2, -0.15) is 0 Å². The van der Waals surface area contributed by atoms with E-state index >= 15 is 0 Å². The first-order chi connectivity index (χ1) is 14.1. The summed E-state index contributed by atoms with van der Waals surface area (Å²) >= 11 is 0. The molecule has 30 heavy (non-hydrogen) atoms. The number of anilines is 2. The van der Waals surface area contributed by atoms with E-state index in [1.807, 2.05) is 25.7 Å². The predicted molar refractivity (Wildman–Crippen MR) is 123 cm³/mol. The van der Waals surface area contributed by atoms with Crippen molar-refractivity contribution in [1.82, 2.24) is 4.90 Å². The van der Waals surface area contributed by atoms with Crippen LogP contribution in [0.2, 0.25) is 0 Å². The Hall–Kier alpha value is -1.91. The Bertz CT molecular complexity index is 747. The van der Waals surface area contributed by atoms with E-state index in [4.69, 9.17) is 4.74 Å². The maximum atomic E-state index is 12.8. The van der Waals surface area contributed by atoms with Crippen LogP contribution in [0.3, 0.4) is 0 Å². The molecule has 2 unspecified atom stereocenters. The summed E-state index contributed by atoms with van der Waals surface area (Å²) in [6.45, 7) is 15.4. The molecule has 0 aliphatic carbocycles. The molecule has 0 aromatic heterocycles. The number of amides is 1. The molecule has 4 heterocycles. The van der Waals surface area contributed by atoms with Crippen LogP contribution >= 0.6 is 0 Å². The minimum atomic E-state index is -0.456. The van der Waals surface area contributed by atoms with Gasteiger partial charge in [0, 0.05) is 44.1 Å². The summed E-state index contributed by atoms with van der Waals surface area (Å²) in [5.74, 6) is 0.466. The first-order valence-corrected chi connectivity index (χ1v) is 11.7. The molecule has 1 aromatic carbocycles. The molecule has 1 amide bonds. The number of piperidine rings is 2. The zero-order chi connectivity index (χ0) is 21.5. The summed E-state index contributed by atoms with van der Waals surface area (Å²) < 4.78 is 5.71. The third-order valence-corrected chi connectivity index (χ3v) is 6.97. The number of carbonyl (C=O) groups excluding carboxylic acids is 1. The van der Waals surface area contributed by atoms with Gasteiger partial charge in [-0.15, -0.1) is 0 Å². The van der Waals surface area contributed by atoms with Crippen LogP contribution in [-0.4, -0.2) is 55.4 Å². The Morgan fingerprint density at radius 3 is 2.23 bits per heavy atom. The molecule has 4 saturated heterocycles. The number of benzene rings is 1. The zero-order valence-corrected chi connectivity index (χ0v) is 19.5. The minimum absolute atomic E-state index is 0.158. The summed E-state index contributed by atoms with van der Waals surface area (Å²) in [7, 11) is 0. The number of hydrogen-bond acceptors (Lipinski definition) is 4. The van der Waals surface area contributed by atoms with Crippen LogP contribution < -0.4 is 9.80 Å². The Kier molecular flexibility index (Phi) is 5.67. The van der Waals surface area contributed by atoms with Gasteiger partial charge < -0.3 is 19.4 Å². The molecule has 0 spiro atoms. The van der Waals surface area contributed by atoms with E-state index in [2.05, 4.69) is 47.9 Å². The van der Waals surface area contributed by atoms with Gasteiger partial charge in [-0.05, 0) is 82.1 Å². The number of rotatable bonds is 2. The fourth-order valence-corrected chi connectivity index (χ4v) is 5.60. The van der Waals surface area contributed by atoms with Crippen LogP contribution in [0.25, 0.3) is 0 Å². The largest absolute Gasteiger partial charge is 0.444 e. The monoisotopic (exact) mass is 413 g/mol. The van der Waals surface area contributed by atoms with Gasteiger partial charge >= 0.3 is 6.09 Å². The second-order valence-corrected chi connectivity index (χ2v) is 11.2. The highest BCUT2D eigenvalue weighted by Crippen LogP contribution is 2.43. The molecular weight excluding hydrogens is 374 g/mol. The van der Waals surface area contributed by atoms with E-state index < -0.39 is 5.60 Å². The van der Waals surface area contributed by atoms with Crippen molar-refractivity contribution in [2.45, 2.75) is 71.9 Å². The van der Waals surface area contributed by atoms with Crippen molar-refractivity contribution in [2.24, 2.45) is 11.3 Å². The molecule has 166 valence electrons. The molecule has 0 radical (unpaired) electrons. The number of fused-ring (bicyclic) bond motifs is 4. The zero-order valence-electron chi connectivity index (χ0n) is 19.5. The number of nitrogens with zero attached hydrogens (tertiary/aromatic N) is 3. The van der Waals surface area contributed by atoms with Crippen LogP contribution in [0.1, 0.15) is 60.3 Å². The fraction of sp³-hybridized carbons (Fsp3) is 0.720. The van der Waals surface area contributed by atoms with E-state index in [1.165, 1.54) is 43.7 Å². The van der Waals surface area contributed by atoms with Crippen LogP contribution in [-0.2, 0) is 4.74 Å². The van der Waals surface area contributed by atoms with E-state index in [9.17, 15) is 4.79 Å². The Morgan fingerprint density at radius 1 is 0.967 bits per heavy atom. The number of carbonyl (C=O) groups is 1. The molecule has 5 rings (SSSR count). The molecule has 4 aliphatic heterocycles. The molecule has 4 fully saturated rings. The average Bonchev–Trinajstić information content (AvgIpc) is 2.95. The maximum Gasteiger partial charge on any atom is 0.410 e. The summed E-state index contributed by atoms with van der Waals surface area (Å²) in [6.07, 6.45) is 4.93. The normalized spacial score (nSPS) is 26.5. The smallest absolute Gasteiger partial charge is 0.410 e. The van der Waals surface area contributed by atoms with Crippen molar-refractivity contribution in [1.29, 1.82) is 0 Å². The molecule has 1 aromatic rings. The first kappa shape index (κ1) is 21.3. The van der Waals surface area contributed by atoms with E-state index in [0.29, 0.717) is 12.0 Å². The van der Waals surface area contributed by atoms with Gasteiger partial charge in [-0.3, -0.25) is 0 Å². The molecule has 2 bridgehead atoms. The second kappa shape index (κ2) is 7.97. The summed E-state index contributed by atoms with van der Waals surface area (Å²) in [6, 6.07) is 9.46. The van der Waals surface area contributed by atoms with Crippen molar-refractivity contribution < 1.29 is 9.53 Å². The predicted octanol–water partition coefficient (Wildman–Crippen LogP) is 5.15. The van der Waals surface area contributed by atoms with Gasteiger partial charge in [0.25, 0.3) is 0 Å². The quantitative estimate of drug-likeness (QED) is 0.672. The maximum absolute atomic E-state index is 12.8. The van der Waals surface area contributed by atoms with Crippen molar-refractivity contribution in [3.63, 3.8) is 0 Å². The van der Waals surface area contributed by atoms with Gasteiger partial charge in [-0.25, -0.2) is 4.79 Å². The van der Waals surface area contributed by atoms with Crippen molar-refractivity contribution in [3.8, 4) is 0 Å².